The zero-order valence-corrected chi connectivity index (χ0v) is 8.51. The molecular weight excluding hydrogens is 156 g/mol. The average molecular weight is 168 g/mol. The molecular formula is C8H12SSi. The van der Waals surface area contributed by atoms with Crippen LogP contribution in [0.25, 0.3) is 0 Å². The van der Waals surface area contributed by atoms with Crippen molar-refractivity contribution < 1.29 is 0 Å². The van der Waals surface area contributed by atoms with Crippen molar-refractivity contribution in [3.05, 3.63) is 17.7 Å². The van der Waals surface area contributed by atoms with E-state index in [1.54, 1.807) is 5.41 Å². The molecule has 0 aromatic carbocycles. The highest BCUT2D eigenvalue weighted by Crippen LogP contribution is 2.01. The highest BCUT2D eigenvalue weighted by molar-refractivity contribution is 8.06. The highest BCUT2D eigenvalue weighted by Gasteiger charge is 2.06. The third-order valence-corrected chi connectivity index (χ3v) is 2.19. The molecule has 0 heterocycles. The van der Waals surface area contributed by atoms with Gasteiger partial charge in [0.2, 0.25) is 0 Å². The lowest BCUT2D eigenvalue weighted by atomic mass is 11.0. The van der Waals surface area contributed by atoms with Gasteiger partial charge in [-0.15, -0.1) is 11.3 Å². The number of rotatable bonds is 1. The summed E-state index contributed by atoms with van der Waals surface area (Å²) in [5.41, 5.74) is 5.86. The van der Waals surface area contributed by atoms with Gasteiger partial charge in [-0.25, -0.2) is 0 Å². The van der Waals surface area contributed by atoms with Crippen LogP contribution in [0.4, 0.5) is 0 Å². The van der Waals surface area contributed by atoms with Crippen LogP contribution in [0.1, 0.15) is 0 Å². The van der Waals surface area contributed by atoms with Gasteiger partial charge in [0, 0.05) is 5.41 Å². The maximum atomic E-state index is 3.44. The molecule has 10 heavy (non-hydrogen) atoms. The Morgan fingerprint density at radius 2 is 2.00 bits per heavy atom. The molecule has 0 N–H and O–H groups in total. The second-order valence-corrected chi connectivity index (χ2v) is 8.34. The van der Waals surface area contributed by atoms with Gasteiger partial charge in [0.1, 0.15) is 8.07 Å². The van der Waals surface area contributed by atoms with Crippen molar-refractivity contribution in [2.24, 2.45) is 0 Å². The van der Waals surface area contributed by atoms with E-state index in [0.717, 1.165) is 0 Å². The first-order valence-electron chi connectivity index (χ1n) is 3.08. The zero-order valence-electron chi connectivity index (χ0n) is 6.69. The van der Waals surface area contributed by atoms with Gasteiger partial charge < -0.3 is 0 Å². The van der Waals surface area contributed by atoms with Gasteiger partial charge in [-0.2, -0.15) is 0 Å². The molecule has 54 valence electrons. The molecule has 0 rings (SSSR count). The van der Waals surface area contributed by atoms with Gasteiger partial charge >= 0.3 is 0 Å². The molecule has 0 aliphatic rings. The number of thioether (sulfide) groups is 1. The summed E-state index contributed by atoms with van der Waals surface area (Å²) in [6.07, 6.45) is 0. The Hall–Kier alpha value is -0.353. The van der Waals surface area contributed by atoms with E-state index in [-0.39, 0.29) is 0 Å². The topological polar surface area (TPSA) is 0 Å². The van der Waals surface area contributed by atoms with Gasteiger partial charge in [0.15, 0.2) is 0 Å². The fourth-order valence-corrected chi connectivity index (χ4v) is 1.86. The van der Waals surface area contributed by atoms with E-state index in [1.165, 1.54) is 11.8 Å². The minimum absolute atomic E-state index is 1.16. The van der Waals surface area contributed by atoms with Crippen molar-refractivity contribution in [3.63, 3.8) is 0 Å². The van der Waals surface area contributed by atoms with Crippen molar-refractivity contribution in [2.75, 3.05) is 0 Å². The summed E-state index contributed by atoms with van der Waals surface area (Å²) in [5.74, 6) is 0. The van der Waals surface area contributed by atoms with Gasteiger partial charge in [0.05, 0.1) is 0 Å². The Kier molecular flexibility index (Phi) is 4.30. The minimum atomic E-state index is -1.16. The summed E-state index contributed by atoms with van der Waals surface area (Å²) in [6.45, 7) is 10.1. The summed E-state index contributed by atoms with van der Waals surface area (Å²) < 4.78 is 0. The predicted molar refractivity (Wildman–Crippen MR) is 52.4 cm³/mol. The van der Waals surface area contributed by atoms with E-state index in [1.807, 2.05) is 0 Å². The molecule has 0 saturated carbocycles. The van der Waals surface area contributed by atoms with Crippen LogP contribution in [-0.2, 0) is 0 Å². The van der Waals surface area contributed by atoms with Crippen molar-refractivity contribution in [1.29, 1.82) is 0 Å². The van der Waals surface area contributed by atoms with Crippen molar-refractivity contribution in [1.82, 2.24) is 0 Å². The molecule has 0 aromatic rings. The van der Waals surface area contributed by atoms with Crippen LogP contribution in [0, 0.1) is 10.8 Å². The molecule has 0 nitrogen and oxygen atoms in total. The Bertz CT molecular complexity index is 196. The van der Waals surface area contributed by atoms with Gasteiger partial charge in [-0.05, 0) is 17.0 Å². The molecule has 0 bridgehead atoms. The molecule has 0 unspecified atom stereocenters. The van der Waals surface area contributed by atoms with Gasteiger partial charge in [-0.3, -0.25) is 0 Å². The molecule has 0 aliphatic heterocycles. The van der Waals surface area contributed by atoms with E-state index in [4.69, 9.17) is 0 Å². The van der Waals surface area contributed by atoms with Crippen molar-refractivity contribution in [3.8, 4) is 10.8 Å². The second kappa shape index (κ2) is 4.46. The molecule has 0 saturated heterocycles. The lowest BCUT2D eigenvalue weighted by Gasteiger charge is -2.01. The first-order chi connectivity index (χ1) is 4.56. The Morgan fingerprint density at radius 3 is 2.40 bits per heavy atom. The lowest BCUT2D eigenvalue weighted by molar-refractivity contribution is 1.82. The molecule has 0 aromatic heterocycles. The average Bonchev–Trinajstić information content (AvgIpc) is 1.78. The standard InChI is InChI=1S/C8H12SSi/c1-5-6-9-7-8-10(2,3)4/h6H,1H2,2-4H3. The van der Waals surface area contributed by atoms with Gasteiger partial charge in [0.25, 0.3) is 0 Å². The maximum Gasteiger partial charge on any atom is 0.130 e. The Labute approximate surface area is 68.4 Å². The summed E-state index contributed by atoms with van der Waals surface area (Å²) in [5, 5.41) is 4.77. The van der Waals surface area contributed by atoms with E-state index in [2.05, 4.69) is 42.7 Å². The molecule has 0 fully saturated rings. The second-order valence-electron chi connectivity index (χ2n) is 2.92. The molecule has 0 aliphatic carbocycles. The number of hydrogen-bond acceptors (Lipinski definition) is 1. The van der Waals surface area contributed by atoms with Crippen molar-refractivity contribution in [2.45, 2.75) is 19.6 Å². The van der Waals surface area contributed by atoms with Crippen LogP contribution >= 0.6 is 11.8 Å². The first kappa shape index (κ1) is 9.65. The van der Waals surface area contributed by atoms with E-state index in [0.29, 0.717) is 0 Å². The number of hydrogen-bond donors (Lipinski definition) is 0. The van der Waals surface area contributed by atoms with Crippen LogP contribution in [0.2, 0.25) is 19.6 Å². The Balaban J connectivity index is 3.81. The molecule has 0 atom stereocenters. The third-order valence-electron chi connectivity index (χ3n) is 0.627. The fourth-order valence-electron chi connectivity index (χ4n) is 0.254. The lowest BCUT2D eigenvalue weighted by Crippen LogP contribution is -2.15. The van der Waals surface area contributed by atoms with E-state index >= 15 is 0 Å². The quantitative estimate of drug-likeness (QED) is 0.329. The first-order valence-corrected chi connectivity index (χ1v) is 7.46. The van der Waals surface area contributed by atoms with E-state index in [9.17, 15) is 0 Å². The van der Waals surface area contributed by atoms with Crippen LogP contribution in [0.15, 0.2) is 17.7 Å². The predicted octanol–water partition coefficient (Wildman–Crippen LogP) is 2.86. The molecule has 0 spiro atoms. The minimum Gasteiger partial charge on any atom is -0.121 e. The largest absolute Gasteiger partial charge is 0.130 e. The summed E-state index contributed by atoms with van der Waals surface area (Å²) >= 11 is 1.46. The Morgan fingerprint density at radius 1 is 1.40 bits per heavy atom. The summed E-state index contributed by atoms with van der Waals surface area (Å²) in [6, 6.07) is 0. The van der Waals surface area contributed by atoms with Crippen LogP contribution in [0.5, 0.6) is 0 Å². The van der Waals surface area contributed by atoms with Crippen molar-refractivity contribution >= 4 is 19.8 Å². The smallest absolute Gasteiger partial charge is 0.121 e. The SMILES string of the molecule is C=C=CSC#C[Si](C)(C)C. The highest BCUT2D eigenvalue weighted by atomic mass is 32.2. The van der Waals surface area contributed by atoms with Crippen LogP contribution in [-0.4, -0.2) is 8.07 Å². The molecule has 0 radical (unpaired) electrons. The zero-order chi connectivity index (χ0) is 8.04. The van der Waals surface area contributed by atoms with Crippen LogP contribution < -0.4 is 0 Å². The monoisotopic (exact) mass is 168 g/mol. The third kappa shape index (κ3) is 7.65. The fraction of sp³-hybridized carbons (Fsp3) is 0.375. The maximum absolute atomic E-state index is 3.44. The van der Waals surface area contributed by atoms with Gasteiger partial charge in [-0.1, -0.05) is 26.2 Å². The van der Waals surface area contributed by atoms with E-state index < -0.39 is 8.07 Å². The molecule has 2 heteroatoms. The normalized spacial score (nSPS) is 9.10. The summed E-state index contributed by atoms with van der Waals surface area (Å²) in [7, 11) is -1.16. The molecule has 0 amide bonds. The summed E-state index contributed by atoms with van der Waals surface area (Å²) in [4.78, 5) is 0. The van der Waals surface area contributed by atoms with Crippen LogP contribution in [0.3, 0.4) is 0 Å².